The molecule has 1 N–H and O–H groups in total. The van der Waals surface area contributed by atoms with Gasteiger partial charge in [0.15, 0.2) is 0 Å². The van der Waals surface area contributed by atoms with Crippen molar-refractivity contribution in [2.24, 2.45) is 0 Å². The summed E-state index contributed by atoms with van der Waals surface area (Å²) in [6.45, 7) is 6.38. The van der Waals surface area contributed by atoms with Gasteiger partial charge in [0.25, 0.3) is 0 Å². The van der Waals surface area contributed by atoms with Gasteiger partial charge in [0.05, 0.1) is 13.2 Å². The zero-order valence-corrected chi connectivity index (χ0v) is 14.1. The lowest BCUT2D eigenvalue weighted by atomic mass is 9.76. The number of nitrogens with one attached hydrogen (secondary N) is 1. The first-order chi connectivity index (χ1) is 10.3. The van der Waals surface area contributed by atoms with Crippen molar-refractivity contribution in [2.75, 3.05) is 39.4 Å². The number of rotatable bonds is 6. The van der Waals surface area contributed by atoms with E-state index in [1.165, 1.54) is 35.8 Å². The SMILES string of the molecule is Brc1ccc(C2CC(NCCCN3CCOCC3)C2)cc1. The van der Waals surface area contributed by atoms with Gasteiger partial charge >= 0.3 is 0 Å². The highest BCUT2D eigenvalue weighted by molar-refractivity contribution is 9.10. The Bertz CT molecular complexity index is 425. The van der Waals surface area contributed by atoms with Crippen LogP contribution < -0.4 is 5.32 Å². The highest BCUT2D eigenvalue weighted by atomic mass is 79.9. The Balaban J connectivity index is 1.28. The Morgan fingerprint density at radius 1 is 1.14 bits per heavy atom. The minimum atomic E-state index is 0.725. The van der Waals surface area contributed by atoms with E-state index < -0.39 is 0 Å². The lowest BCUT2D eigenvalue weighted by Crippen LogP contribution is -2.42. The van der Waals surface area contributed by atoms with Gasteiger partial charge in [-0.1, -0.05) is 28.1 Å². The minimum absolute atomic E-state index is 0.725. The highest BCUT2D eigenvalue weighted by Gasteiger charge is 2.29. The molecule has 2 aliphatic rings. The quantitative estimate of drug-likeness (QED) is 0.796. The molecule has 0 amide bonds. The zero-order chi connectivity index (χ0) is 14.5. The molecule has 2 fully saturated rings. The van der Waals surface area contributed by atoms with E-state index in [1.54, 1.807) is 0 Å². The van der Waals surface area contributed by atoms with Crippen LogP contribution in [-0.2, 0) is 4.74 Å². The Kier molecular flexibility index (Phi) is 5.69. The van der Waals surface area contributed by atoms with Crippen molar-refractivity contribution < 1.29 is 4.74 Å². The van der Waals surface area contributed by atoms with Crippen molar-refractivity contribution in [2.45, 2.75) is 31.2 Å². The van der Waals surface area contributed by atoms with Crippen molar-refractivity contribution in [1.29, 1.82) is 0 Å². The predicted molar refractivity (Wildman–Crippen MR) is 89.8 cm³/mol. The average Bonchev–Trinajstić information content (AvgIpc) is 2.48. The summed E-state index contributed by atoms with van der Waals surface area (Å²) in [5.41, 5.74) is 1.49. The molecule has 3 nitrogen and oxygen atoms in total. The van der Waals surface area contributed by atoms with Crippen LogP contribution in [0.4, 0.5) is 0 Å². The molecule has 0 unspecified atom stereocenters. The summed E-state index contributed by atoms with van der Waals surface area (Å²) in [5, 5.41) is 3.70. The van der Waals surface area contributed by atoms with Gasteiger partial charge < -0.3 is 10.1 Å². The Morgan fingerprint density at radius 3 is 2.57 bits per heavy atom. The first kappa shape index (κ1) is 15.5. The summed E-state index contributed by atoms with van der Waals surface area (Å²) in [5.74, 6) is 0.759. The van der Waals surface area contributed by atoms with Gasteiger partial charge in [0.1, 0.15) is 0 Å². The molecule has 0 spiro atoms. The van der Waals surface area contributed by atoms with Gasteiger partial charge in [-0.3, -0.25) is 4.90 Å². The fourth-order valence-corrected chi connectivity index (χ4v) is 3.49. The molecule has 1 heterocycles. The van der Waals surface area contributed by atoms with Crippen LogP contribution in [0.3, 0.4) is 0 Å². The van der Waals surface area contributed by atoms with Crippen molar-refractivity contribution >= 4 is 15.9 Å². The predicted octanol–water partition coefficient (Wildman–Crippen LogP) is 3.01. The first-order valence-electron chi connectivity index (χ1n) is 8.10. The van der Waals surface area contributed by atoms with Gasteiger partial charge in [-0.2, -0.15) is 0 Å². The van der Waals surface area contributed by atoms with Crippen LogP contribution in [0.1, 0.15) is 30.7 Å². The molecule has 1 saturated carbocycles. The van der Waals surface area contributed by atoms with Crippen LogP contribution in [0.15, 0.2) is 28.7 Å². The molecule has 1 aromatic carbocycles. The average molecular weight is 353 g/mol. The fourth-order valence-electron chi connectivity index (χ4n) is 3.23. The number of nitrogens with zero attached hydrogens (tertiary/aromatic N) is 1. The second-order valence-electron chi connectivity index (χ2n) is 6.18. The molecule has 1 aliphatic carbocycles. The molecule has 1 aliphatic heterocycles. The number of halogens is 1. The van der Waals surface area contributed by atoms with E-state index in [0.29, 0.717) is 0 Å². The Morgan fingerprint density at radius 2 is 1.86 bits per heavy atom. The van der Waals surface area contributed by atoms with Gasteiger partial charge in [0, 0.05) is 23.6 Å². The lowest BCUT2D eigenvalue weighted by Gasteiger charge is -2.36. The number of benzene rings is 1. The normalized spacial score (nSPS) is 26.5. The topological polar surface area (TPSA) is 24.5 Å². The smallest absolute Gasteiger partial charge is 0.0594 e. The van der Waals surface area contributed by atoms with Gasteiger partial charge in [-0.25, -0.2) is 0 Å². The molecule has 0 aromatic heterocycles. The van der Waals surface area contributed by atoms with Crippen LogP contribution in [0.25, 0.3) is 0 Å². The molecule has 21 heavy (non-hydrogen) atoms. The summed E-state index contributed by atoms with van der Waals surface area (Å²) < 4.78 is 6.54. The van der Waals surface area contributed by atoms with Crippen molar-refractivity contribution in [3.63, 3.8) is 0 Å². The molecule has 3 rings (SSSR count). The summed E-state index contributed by atoms with van der Waals surface area (Å²) >= 11 is 3.50. The standard InChI is InChI=1S/C17H25BrN2O/c18-16-4-2-14(3-5-16)15-12-17(13-15)19-6-1-7-20-8-10-21-11-9-20/h2-5,15,17,19H,1,6-13H2. The molecule has 4 heteroatoms. The molecule has 0 atom stereocenters. The molecule has 1 saturated heterocycles. The van der Waals surface area contributed by atoms with Crippen LogP contribution in [0.2, 0.25) is 0 Å². The van der Waals surface area contributed by atoms with Crippen molar-refractivity contribution in [3.8, 4) is 0 Å². The van der Waals surface area contributed by atoms with E-state index in [2.05, 4.69) is 50.4 Å². The van der Waals surface area contributed by atoms with E-state index in [0.717, 1.165) is 44.8 Å². The molecular weight excluding hydrogens is 328 g/mol. The summed E-state index contributed by atoms with van der Waals surface area (Å²) in [4.78, 5) is 2.51. The van der Waals surface area contributed by atoms with E-state index in [9.17, 15) is 0 Å². The largest absolute Gasteiger partial charge is 0.379 e. The molecule has 116 valence electrons. The maximum absolute atomic E-state index is 5.37. The zero-order valence-electron chi connectivity index (χ0n) is 12.6. The molecule has 0 radical (unpaired) electrons. The van der Waals surface area contributed by atoms with E-state index in [4.69, 9.17) is 4.74 Å². The van der Waals surface area contributed by atoms with Crippen molar-refractivity contribution in [3.05, 3.63) is 34.3 Å². The number of ether oxygens (including phenoxy) is 1. The number of morpholine rings is 1. The summed E-state index contributed by atoms with van der Waals surface area (Å²) in [6.07, 6.45) is 3.83. The van der Waals surface area contributed by atoms with Crippen molar-refractivity contribution in [1.82, 2.24) is 10.2 Å². The van der Waals surface area contributed by atoms with E-state index in [1.807, 2.05) is 0 Å². The van der Waals surface area contributed by atoms with Gasteiger partial charge in [-0.05, 0) is 56.0 Å². The highest BCUT2D eigenvalue weighted by Crippen LogP contribution is 2.37. The molecule has 1 aromatic rings. The maximum Gasteiger partial charge on any atom is 0.0594 e. The number of hydrogen-bond donors (Lipinski definition) is 1. The van der Waals surface area contributed by atoms with Crippen LogP contribution in [-0.4, -0.2) is 50.3 Å². The Labute approximate surface area is 136 Å². The fraction of sp³-hybridized carbons (Fsp3) is 0.647. The van der Waals surface area contributed by atoms with Crippen LogP contribution in [0.5, 0.6) is 0 Å². The third-order valence-corrected chi connectivity index (χ3v) is 5.20. The van der Waals surface area contributed by atoms with Gasteiger partial charge in [0.2, 0.25) is 0 Å². The third kappa shape index (κ3) is 4.52. The molecular formula is C17H25BrN2O. The van der Waals surface area contributed by atoms with Crippen LogP contribution >= 0.6 is 15.9 Å². The summed E-state index contributed by atoms with van der Waals surface area (Å²) in [7, 11) is 0. The minimum Gasteiger partial charge on any atom is -0.379 e. The number of hydrogen-bond acceptors (Lipinski definition) is 3. The first-order valence-corrected chi connectivity index (χ1v) is 8.89. The summed E-state index contributed by atoms with van der Waals surface area (Å²) in [6, 6.07) is 9.53. The molecule has 0 bridgehead atoms. The van der Waals surface area contributed by atoms with E-state index in [-0.39, 0.29) is 0 Å². The third-order valence-electron chi connectivity index (χ3n) is 4.67. The second-order valence-corrected chi connectivity index (χ2v) is 7.09. The second kappa shape index (κ2) is 7.73. The maximum atomic E-state index is 5.37. The van der Waals surface area contributed by atoms with Crippen LogP contribution in [0, 0.1) is 0 Å². The lowest BCUT2D eigenvalue weighted by molar-refractivity contribution is 0.0372. The Hall–Kier alpha value is -0.420. The van der Waals surface area contributed by atoms with E-state index >= 15 is 0 Å². The van der Waals surface area contributed by atoms with Gasteiger partial charge in [-0.15, -0.1) is 0 Å². The monoisotopic (exact) mass is 352 g/mol.